The molecule has 0 saturated heterocycles. The monoisotopic (exact) mass is 445 g/mol. The minimum Gasteiger partial charge on any atom is -0.406 e. The first kappa shape index (κ1) is 21.8. The highest BCUT2D eigenvalue weighted by Crippen LogP contribution is 2.22. The molecule has 8 heteroatoms. The van der Waals surface area contributed by atoms with Crippen molar-refractivity contribution in [2.75, 3.05) is 13.1 Å². The molecule has 1 aromatic carbocycles. The summed E-state index contributed by atoms with van der Waals surface area (Å²) in [5.41, 5.74) is 0.902. The lowest BCUT2D eigenvalue weighted by atomic mass is 10.1. The second-order valence-corrected chi connectivity index (χ2v) is 5.00. The summed E-state index contributed by atoms with van der Waals surface area (Å²) in [5.74, 6) is 0.518. The van der Waals surface area contributed by atoms with E-state index in [1.54, 1.807) is 12.1 Å². The van der Waals surface area contributed by atoms with Crippen molar-refractivity contribution < 1.29 is 17.9 Å². The van der Waals surface area contributed by atoms with Crippen LogP contribution in [0.1, 0.15) is 26.3 Å². The summed E-state index contributed by atoms with van der Waals surface area (Å²) < 4.78 is 40.0. The molecule has 23 heavy (non-hydrogen) atoms. The SMILES string of the molecule is CCNC(=NCCc1ccc(OC(F)(F)F)cc1)NC(C)C.I. The van der Waals surface area contributed by atoms with Gasteiger partial charge in [-0.15, -0.1) is 37.1 Å². The molecule has 0 radical (unpaired) electrons. The number of guanidine groups is 1. The predicted octanol–water partition coefficient (Wildman–Crippen LogP) is 3.71. The van der Waals surface area contributed by atoms with Gasteiger partial charge < -0.3 is 15.4 Å². The van der Waals surface area contributed by atoms with Crippen LogP contribution in [-0.4, -0.2) is 31.5 Å². The molecular formula is C15H23F3IN3O. The number of rotatable bonds is 6. The number of aliphatic imine (C=N–C) groups is 1. The molecule has 0 heterocycles. The summed E-state index contributed by atoms with van der Waals surface area (Å²) in [6, 6.07) is 6.11. The Bertz CT molecular complexity index is 476. The normalized spacial score (nSPS) is 11.9. The predicted molar refractivity (Wildman–Crippen MR) is 96.5 cm³/mol. The second-order valence-electron chi connectivity index (χ2n) is 5.00. The van der Waals surface area contributed by atoms with Crippen LogP contribution in [0.3, 0.4) is 0 Å². The number of alkyl halides is 3. The molecular weight excluding hydrogens is 422 g/mol. The maximum Gasteiger partial charge on any atom is 0.573 e. The molecule has 0 aromatic heterocycles. The Morgan fingerprint density at radius 1 is 1.22 bits per heavy atom. The molecule has 132 valence electrons. The van der Waals surface area contributed by atoms with E-state index in [0.29, 0.717) is 13.0 Å². The third kappa shape index (κ3) is 10.2. The number of benzene rings is 1. The van der Waals surface area contributed by atoms with Gasteiger partial charge in [0.15, 0.2) is 5.96 Å². The third-order valence-corrected chi connectivity index (χ3v) is 2.60. The summed E-state index contributed by atoms with van der Waals surface area (Å²) in [5, 5.41) is 6.32. The molecule has 0 saturated carbocycles. The van der Waals surface area contributed by atoms with E-state index in [1.807, 2.05) is 20.8 Å². The Balaban J connectivity index is 0.00000484. The summed E-state index contributed by atoms with van der Waals surface area (Å²) in [4.78, 5) is 4.41. The van der Waals surface area contributed by atoms with E-state index in [9.17, 15) is 13.2 Å². The highest BCUT2D eigenvalue weighted by molar-refractivity contribution is 14.0. The van der Waals surface area contributed by atoms with E-state index >= 15 is 0 Å². The van der Waals surface area contributed by atoms with E-state index in [0.717, 1.165) is 18.1 Å². The average Bonchev–Trinajstić information content (AvgIpc) is 2.38. The number of nitrogens with one attached hydrogen (secondary N) is 2. The fourth-order valence-corrected chi connectivity index (χ4v) is 1.75. The quantitative estimate of drug-likeness (QED) is 0.399. The summed E-state index contributed by atoms with van der Waals surface area (Å²) in [6.07, 6.45) is -4.02. The van der Waals surface area contributed by atoms with Gasteiger partial charge in [-0.2, -0.15) is 0 Å². The van der Waals surface area contributed by atoms with Crippen LogP contribution in [0.5, 0.6) is 5.75 Å². The molecule has 0 unspecified atom stereocenters. The lowest BCUT2D eigenvalue weighted by Crippen LogP contribution is -2.41. The molecule has 0 aliphatic carbocycles. The van der Waals surface area contributed by atoms with Gasteiger partial charge >= 0.3 is 6.36 Å². The standard InChI is InChI=1S/C15H22F3N3O.HI/c1-4-19-14(21-11(2)3)20-10-9-12-5-7-13(8-6-12)22-15(16,17)18;/h5-8,11H,4,9-10H2,1-3H3,(H2,19,20,21);1H. The van der Waals surface area contributed by atoms with Crippen LogP contribution in [0, 0.1) is 0 Å². The zero-order chi connectivity index (χ0) is 16.6. The zero-order valence-electron chi connectivity index (χ0n) is 13.4. The largest absolute Gasteiger partial charge is 0.573 e. The second kappa shape index (κ2) is 10.6. The van der Waals surface area contributed by atoms with Gasteiger partial charge in [0.25, 0.3) is 0 Å². The molecule has 4 nitrogen and oxygen atoms in total. The van der Waals surface area contributed by atoms with Gasteiger partial charge in [0.2, 0.25) is 0 Å². The van der Waals surface area contributed by atoms with Crippen molar-refractivity contribution >= 4 is 29.9 Å². The molecule has 0 aliphatic heterocycles. The molecule has 0 bridgehead atoms. The fourth-order valence-electron chi connectivity index (χ4n) is 1.75. The van der Waals surface area contributed by atoms with Crippen molar-refractivity contribution in [1.29, 1.82) is 0 Å². The Kier molecular flexibility index (Phi) is 10.0. The van der Waals surface area contributed by atoms with Crippen molar-refractivity contribution in [2.24, 2.45) is 4.99 Å². The molecule has 2 N–H and O–H groups in total. The lowest BCUT2D eigenvalue weighted by molar-refractivity contribution is -0.274. The van der Waals surface area contributed by atoms with Gasteiger partial charge in [0.05, 0.1) is 0 Å². The number of halogens is 4. The summed E-state index contributed by atoms with van der Waals surface area (Å²) >= 11 is 0. The zero-order valence-corrected chi connectivity index (χ0v) is 15.7. The first-order valence-electron chi connectivity index (χ1n) is 7.19. The first-order chi connectivity index (χ1) is 10.3. The summed E-state index contributed by atoms with van der Waals surface area (Å²) in [7, 11) is 0. The van der Waals surface area contributed by atoms with Crippen molar-refractivity contribution in [3.63, 3.8) is 0 Å². The Labute approximate surface area is 151 Å². The van der Waals surface area contributed by atoms with Crippen LogP contribution in [0.2, 0.25) is 0 Å². The van der Waals surface area contributed by atoms with Gasteiger partial charge in [-0.1, -0.05) is 12.1 Å². The molecule has 1 rings (SSSR count). The Morgan fingerprint density at radius 3 is 2.30 bits per heavy atom. The van der Waals surface area contributed by atoms with Crippen molar-refractivity contribution in [2.45, 2.75) is 39.6 Å². The van der Waals surface area contributed by atoms with E-state index < -0.39 is 6.36 Å². The molecule has 0 aliphatic rings. The van der Waals surface area contributed by atoms with Crippen molar-refractivity contribution in [3.8, 4) is 5.75 Å². The van der Waals surface area contributed by atoms with Crippen LogP contribution in [0.15, 0.2) is 29.3 Å². The average molecular weight is 445 g/mol. The third-order valence-electron chi connectivity index (χ3n) is 2.60. The minimum atomic E-state index is -4.66. The van der Waals surface area contributed by atoms with Gasteiger partial charge in [0.1, 0.15) is 5.75 Å². The van der Waals surface area contributed by atoms with Crippen LogP contribution in [0.25, 0.3) is 0 Å². The van der Waals surface area contributed by atoms with Gasteiger partial charge in [-0.05, 0) is 44.9 Å². The van der Waals surface area contributed by atoms with Gasteiger partial charge in [-0.3, -0.25) is 4.99 Å². The number of nitrogens with zero attached hydrogens (tertiary/aromatic N) is 1. The summed E-state index contributed by atoms with van der Waals surface area (Å²) in [6.45, 7) is 7.33. The van der Waals surface area contributed by atoms with E-state index in [2.05, 4.69) is 20.4 Å². The van der Waals surface area contributed by atoms with Crippen molar-refractivity contribution in [1.82, 2.24) is 10.6 Å². The topological polar surface area (TPSA) is 45.7 Å². The number of hydrogen-bond acceptors (Lipinski definition) is 2. The van der Waals surface area contributed by atoms with Crippen LogP contribution in [0.4, 0.5) is 13.2 Å². The van der Waals surface area contributed by atoms with E-state index in [-0.39, 0.29) is 35.8 Å². The van der Waals surface area contributed by atoms with Crippen LogP contribution >= 0.6 is 24.0 Å². The fraction of sp³-hybridized carbons (Fsp3) is 0.533. The maximum atomic E-state index is 12.1. The number of hydrogen-bond donors (Lipinski definition) is 2. The molecule has 0 amide bonds. The minimum absolute atomic E-state index is 0. The van der Waals surface area contributed by atoms with Gasteiger partial charge in [0, 0.05) is 19.1 Å². The smallest absolute Gasteiger partial charge is 0.406 e. The van der Waals surface area contributed by atoms with E-state index in [1.165, 1.54) is 12.1 Å². The highest BCUT2D eigenvalue weighted by Gasteiger charge is 2.30. The Morgan fingerprint density at radius 2 is 1.83 bits per heavy atom. The van der Waals surface area contributed by atoms with Crippen molar-refractivity contribution in [3.05, 3.63) is 29.8 Å². The molecule has 1 aromatic rings. The molecule has 0 fully saturated rings. The lowest BCUT2D eigenvalue weighted by Gasteiger charge is -2.14. The number of ether oxygens (including phenoxy) is 1. The van der Waals surface area contributed by atoms with Gasteiger partial charge in [-0.25, -0.2) is 0 Å². The van der Waals surface area contributed by atoms with Crippen LogP contribution < -0.4 is 15.4 Å². The maximum absolute atomic E-state index is 12.1. The first-order valence-corrected chi connectivity index (χ1v) is 7.19. The Hall–Kier alpha value is -1.19. The highest BCUT2D eigenvalue weighted by atomic mass is 127. The van der Waals surface area contributed by atoms with E-state index in [4.69, 9.17) is 0 Å². The van der Waals surface area contributed by atoms with Crippen LogP contribution in [-0.2, 0) is 6.42 Å². The molecule has 0 atom stereocenters. The molecule has 0 spiro atoms.